The molecule has 0 fully saturated rings. The van der Waals surface area contributed by atoms with Crippen LogP contribution in [0.2, 0.25) is 0 Å². The van der Waals surface area contributed by atoms with Crippen LogP contribution in [0.25, 0.3) is 111 Å². The Morgan fingerprint density at radius 1 is 0.351 bits per heavy atom. The lowest BCUT2D eigenvalue weighted by molar-refractivity contribution is 0.672. The van der Waals surface area contributed by atoms with E-state index >= 15 is 0 Å². The molecular weight excluding hydrogens is 695 g/mol. The van der Waals surface area contributed by atoms with E-state index < -0.39 is 0 Å². The van der Waals surface area contributed by atoms with Gasteiger partial charge >= 0.3 is 0 Å². The van der Waals surface area contributed by atoms with Gasteiger partial charge in [-0.2, -0.15) is 0 Å². The quantitative estimate of drug-likeness (QED) is 0.171. The van der Waals surface area contributed by atoms with Crippen molar-refractivity contribution in [3.63, 3.8) is 0 Å². The molecule has 4 nitrogen and oxygen atoms in total. The van der Waals surface area contributed by atoms with E-state index in [9.17, 15) is 0 Å². The number of furan rings is 1. The number of nitrogens with zero attached hydrogens (tertiary/aromatic N) is 3. The molecular formula is C53H33N3O. The highest BCUT2D eigenvalue weighted by Crippen LogP contribution is 2.41. The van der Waals surface area contributed by atoms with Gasteiger partial charge in [-0.1, -0.05) is 176 Å². The van der Waals surface area contributed by atoms with Crippen molar-refractivity contribution in [2.45, 2.75) is 0 Å². The molecule has 0 aliphatic heterocycles. The lowest BCUT2D eigenvalue weighted by Gasteiger charge is -2.12. The third kappa shape index (κ3) is 5.83. The standard InChI is InChI=1S/C53H33N3O/c1-3-12-34(13-4-1)35-22-28-40(29-23-35)53-55-46(37-15-5-2-6-16-37)33-47(56-53)38-24-26-39(27-25-38)51-50-45-19-9-10-21-49(45)57-52(50)44-31-30-41(32-48(44)54-51)43-20-11-17-36-14-7-8-18-42(36)43/h1-33H. The highest BCUT2D eigenvalue weighted by atomic mass is 16.3. The van der Waals surface area contributed by atoms with Gasteiger partial charge in [0.2, 0.25) is 0 Å². The first-order chi connectivity index (χ1) is 28.2. The molecule has 11 aromatic rings. The first-order valence-electron chi connectivity index (χ1n) is 19.2. The maximum Gasteiger partial charge on any atom is 0.160 e. The Bertz CT molecular complexity index is 3260. The smallest absolute Gasteiger partial charge is 0.160 e. The van der Waals surface area contributed by atoms with Crippen molar-refractivity contribution in [1.29, 1.82) is 0 Å². The normalized spacial score (nSPS) is 11.5. The van der Waals surface area contributed by atoms with Crippen LogP contribution < -0.4 is 0 Å². The number of hydrogen-bond acceptors (Lipinski definition) is 4. The Morgan fingerprint density at radius 2 is 0.912 bits per heavy atom. The molecule has 0 N–H and O–H groups in total. The number of hydrogen-bond donors (Lipinski definition) is 0. The summed E-state index contributed by atoms with van der Waals surface area (Å²) >= 11 is 0. The molecule has 0 aliphatic rings. The van der Waals surface area contributed by atoms with Gasteiger partial charge in [0, 0.05) is 33.0 Å². The van der Waals surface area contributed by atoms with Crippen LogP contribution >= 0.6 is 0 Å². The van der Waals surface area contributed by atoms with Gasteiger partial charge in [0.25, 0.3) is 0 Å². The lowest BCUT2D eigenvalue weighted by atomic mass is 9.96. The van der Waals surface area contributed by atoms with Gasteiger partial charge in [-0.25, -0.2) is 15.0 Å². The van der Waals surface area contributed by atoms with Crippen molar-refractivity contribution in [3.8, 4) is 67.4 Å². The number of fused-ring (bicyclic) bond motifs is 6. The second-order valence-corrected chi connectivity index (χ2v) is 14.4. The van der Waals surface area contributed by atoms with Crippen molar-refractivity contribution in [2.75, 3.05) is 0 Å². The maximum absolute atomic E-state index is 6.62. The van der Waals surface area contributed by atoms with Crippen molar-refractivity contribution in [1.82, 2.24) is 15.0 Å². The van der Waals surface area contributed by atoms with Gasteiger partial charge in [0.1, 0.15) is 11.2 Å². The summed E-state index contributed by atoms with van der Waals surface area (Å²) in [6.45, 7) is 0. The molecule has 11 rings (SSSR count). The molecule has 0 spiro atoms. The summed E-state index contributed by atoms with van der Waals surface area (Å²) in [6.07, 6.45) is 0. The summed E-state index contributed by atoms with van der Waals surface area (Å²) in [4.78, 5) is 15.6. The van der Waals surface area contributed by atoms with Gasteiger partial charge in [0.15, 0.2) is 5.82 Å². The van der Waals surface area contributed by atoms with E-state index in [1.54, 1.807) is 0 Å². The summed E-state index contributed by atoms with van der Waals surface area (Å²) in [7, 11) is 0. The second kappa shape index (κ2) is 13.6. The first kappa shape index (κ1) is 32.7. The molecule has 266 valence electrons. The molecule has 8 aromatic carbocycles. The summed E-state index contributed by atoms with van der Waals surface area (Å²) in [5.41, 5.74) is 13.8. The minimum atomic E-state index is 0.680. The largest absolute Gasteiger partial charge is 0.455 e. The average Bonchev–Trinajstić information content (AvgIpc) is 3.69. The Morgan fingerprint density at radius 3 is 1.68 bits per heavy atom. The molecule has 4 heteroatoms. The highest BCUT2D eigenvalue weighted by molar-refractivity contribution is 6.19. The van der Waals surface area contributed by atoms with E-state index in [1.807, 2.05) is 36.4 Å². The average molecular weight is 728 g/mol. The highest BCUT2D eigenvalue weighted by Gasteiger charge is 2.19. The minimum Gasteiger partial charge on any atom is -0.455 e. The summed E-state index contributed by atoms with van der Waals surface area (Å²) in [5, 5.41) is 5.48. The Balaban J connectivity index is 1.04. The molecule has 57 heavy (non-hydrogen) atoms. The van der Waals surface area contributed by atoms with E-state index in [4.69, 9.17) is 19.4 Å². The van der Waals surface area contributed by atoms with E-state index in [0.717, 1.165) is 83.3 Å². The van der Waals surface area contributed by atoms with Crippen LogP contribution in [0.5, 0.6) is 0 Å². The third-order valence-electron chi connectivity index (χ3n) is 10.9. The zero-order valence-corrected chi connectivity index (χ0v) is 30.8. The first-order valence-corrected chi connectivity index (χ1v) is 19.2. The summed E-state index contributed by atoms with van der Waals surface area (Å²) < 4.78 is 6.62. The van der Waals surface area contributed by atoms with Crippen LogP contribution in [0.1, 0.15) is 0 Å². The predicted octanol–water partition coefficient (Wildman–Crippen LogP) is 14.1. The zero-order chi connectivity index (χ0) is 37.7. The Labute approximate surface area is 329 Å². The monoisotopic (exact) mass is 727 g/mol. The van der Waals surface area contributed by atoms with Gasteiger partial charge in [-0.05, 0) is 57.3 Å². The predicted molar refractivity (Wildman–Crippen MR) is 235 cm³/mol. The zero-order valence-electron chi connectivity index (χ0n) is 30.8. The van der Waals surface area contributed by atoms with Crippen LogP contribution in [0, 0.1) is 0 Å². The van der Waals surface area contributed by atoms with Gasteiger partial charge in [-0.3, -0.25) is 0 Å². The molecule has 0 unspecified atom stereocenters. The molecule has 3 aromatic heterocycles. The molecule has 0 amide bonds. The summed E-state index contributed by atoms with van der Waals surface area (Å²) in [6, 6.07) is 69.6. The fourth-order valence-electron chi connectivity index (χ4n) is 8.04. The van der Waals surface area contributed by atoms with Crippen molar-refractivity contribution >= 4 is 43.6 Å². The molecule has 0 radical (unpaired) electrons. The van der Waals surface area contributed by atoms with Crippen LogP contribution in [0.3, 0.4) is 0 Å². The Hall–Kier alpha value is -7.69. The fourth-order valence-corrected chi connectivity index (χ4v) is 8.04. The number of aromatic nitrogens is 3. The summed E-state index contributed by atoms with van der Waals surface area (Å²) in [5.74, 6) is 0.680. The van der Waals surface area contributed by atoms with Crippen molar-refractivity contribution in [3.05, 3.63) is 200 Å². The molecule has 0 aliphatic carbocycles. The third-order valence-corrected chi connectivity index (χ3v) is 10.9. The van der Waals surface area contributed by atoms with E-state index in [-0.39, 0.29) is 0 Å². The molecule has 3 heterocycles. The molecule has 0 bridgehead atoms. The number of rotatable bonds is 6. The molecule has 0 saturated heterocycles. The van der Waals surface area contributed by atoms with Crippen LogP contribution in [-0.2, 0) is 0 Å². The van der Waals surface area contributed by atoms with Crippen molar-refractivity contribution in [2.24, 2.45) is 0 Å². The topological polar surface area (TPSA) is 51.8 Å². The molecule has 0 saturated carbocycles. The second-order valence-electron chi connectivity index (χ2n) is 14.4. The van der Waals surface area contributed by atoms with Gasteiger partial charge < -0.3 is 4.42 Å². The SMILES string of the molecule is c1ccc(-c2ccc(-c3nc(-c4ccccc4)cc(-c4ccc(-c5nc6cc(-c7cccc8ccccc78)ccc6c6oc7ccccc7c56)cc4)n3)cc2)cc1. The lowest BCUT2D eigenvalue weighted by Crippen LogP contribution is -1.96. The van der Waals surface area contributed by atoms with Gasteiger partial charge in [-0.15, -0.1) is 0 Å². The maximum atomic E-state index is 6.62. The Kier molecular flexibility index (Phi) is 7.78. The van der Waals surface area contributed by atoms with E-state index in [1.165, 1.54) is 21.9 Å². The minimum absolute atomic E-state index is 0.680. The van der Waals surface area contributed by atoms with Crippen LogP contribution in [0.15, 0.2) is 205 Å². The van der Waals surface area contributed by atoms with Crippen molar-refractivity contribution < 1.29 is 4.42 Å². The van der Waals surface area contributed by atoms with Crippen LogP contribution in [0.4, 0.5) is 0 Å². The number of benzene rings is 8. The van der Waals surface area contributed by atoms with Gasteiger partial charge in [0.05, 0.1) is 28.0 Å². The van der Waals surface area contributed by atoms with Crippen LogP contribution in [-0.4, -0.2) is 15.0 Å². The number of pyridine rings is 1. The number of para-hydroxylation sites is 1. The fraction of sp³-hybridized carbons (Fsp3) is 0. The molecule has 0 atom stereocenters. The van der Waals surface area contributed by atoms with E-state index in [2.05, 4.69) is 164 Å². The van der Waals surface area contributed by atoms with E-state index in [0.29, 0.717) is 5.82 Å².